The van der Waals surface area contributed by atoms with Crippen LogP contribution in [0.5, 0.6) is 0 Å². The van der Waals surface area contributed by atoms with Crippen molar-refractivity contribution in [1.82, 2.24) is 20.1 Å². The van der Waals surface area contributed by atoms with Crippen molar-refractivity contribution in [2.75, 3.05) is 25.0 Å². The van der Waals surface area contributed by atoms with Gasteiger partial charge in [-0.25, -0.2) is 0 Å². The van der Waals surface area contributed by atoms with Crippen LogP contribution in [-0.2, 0) is 11.3 Å². The van der Waals surface area contributed by atoms with Crippen molar-refractivity contribution >= 4 is 5.82 Å². The molecule has 1 spiro atoms. The largest absolute Gasteiger partial charge is 0.371 e. The number of ether oxygens (including phenoxy) is 1. The summed E-state index contributed by atoms with van der Waals surface area (Å²) in [6.07, 6.45) is 5.18. The Kier molecular flexibility index (Phi) is 4.63. The molecule has 25 heavy (non-hydrogen) atoms. The lowest BCUT2D eigenvalue weighted by Crippen LogP contribution is -2.47. The summed E-state index contributed by atoms with van der Waals surface area (Å²) in [5, 5.41) is 11.8. The molecule has 0 radical (unpaired) electrons. The molecule has 4 rings (SSSR count). The third-order valence-corrected chi connectivity index (χ3v) is 5.09. The Bertz CT molecular complexity index is 693. The standard InChI is InChI=1S/C19H25N5O/c1-15-6-7-18(23-22-15)21-17-11-19(25-13-17)8-4-10-24(14-19)12-16-5-2-3-9-20-16/h2-3,5-7,9,17H,4,8,10-14H2,1H3,(H,21,23)/t17-,19+/m1/s1. The summed E-state index contributed by atoms with van der Waals surface area (Å²) in [6, 6.07) is 10.4. The smallest absolute Gasteiger partial charge is 0.148 e. The predicted octanol–water partition coefficient (Wildman–Crippen LogP) is 2.42. The van der Waals surface area contributed by atoms with Crippen molar-refractivity contribution in [2.24, 2.45) is 0 Å². The Morgan fingerprint density at radius 3 is 3.04 bits per heavy atom. The fourth-order valence-electron chi connectivity index (χ4n) is 3.95. The minimum atomic E-state index is -0.0389. The lowest BCUT2D eigenvalue weighted by atomic mass is 9.88. The molecule has 4 heterocycles. The molecule has 6 nitrogen and oxygen atoms in total. The number of piperidine rings is 1. The number of hydrogen-bond acceptors (Lipinski definition) is 6. The van der Waals surface area contributed by atoms with E-state index in [1.54, 1.807) is 0 Å². The number of aryl methyl sites for hydroxylation is 1. The Morgan fingerprint density at radius 1 is 1.28 bits per heavy atom. The second-order valence-corrected chi connectivity index (χ2v) is 7.23. The van der Waals surface area contributed by atoms with Crippen LogP contribution >= 0.6 is 0 Å². The molecule has 0 unspecified atom stereocenters. The molecule has 1 N–H and O–H groups in total. The number of nitrogens with zero attached hydrogens (tertiary/aromatic N) is 4. The molecule has 2 aromatic rings. The number of nitrogens with one attached hydrogen (secondary N) is 1. The highest BCUT2D eigenvalue weighted by molar-refractivity contribution is 5.34. The van der Waals surface area contributed by atoms with Crippen molar-refractivity contribution < 1.29 is 4.74 Å². The number of hydrogen-bond donors (Lipinski definition) is 1. The van der Waals surface area contributed by atoms with Gasteiger partial charge in [0.25, 0.3) is 0 Å². The molecule has 0 amide bonds. The average molecular weight is 339 g/mol. The van der Waals surface area contributed by atoms with Crippen molar-refractivity contribution in [3.05, 3.63) is 47.9 Å². The SMILES string of the molecule is Cc1ccc(N[C@H]2CO[C@@]3(CCCN(Cc4ccccn4)C3)C2)nn1. The second-order valence-electron chi connectivity index (χ2n) is 7.23. The van der Waals surface area contributed by atoms with Crippen molar-refractivity contribution in [1.29, 1.82) is 0 Å². The molecule has 2 saturated heterocycles. The maximum atomic E-state index is 6.29. The van der Waals surface area contributed by atoms with E-state index in [2.05, 4.69) is 37.5 Å². The summed E-state index contributed by atoms with van der Waals surface area (Å²) in [5.41, 5.74) is 2.02. The van der Waals surface area contributed by atoms with Gasteiger partial charge in [0, 0.05) is 25.7 Å². The van der Waals surface area contributed by atoms with Crippen LogP contribution in [0.2, 0.25) is 0 Å². The zero-order chi connectivity index (χ0) is 17.1. The number of aromatic nitrogens is 3. The third kappa shape index (κ3) is 3.96. The minimum absolute atomic E-state index is 0.0389. The van der Waals surface area contributed by atoms with E-state index in [1.807, 2.05) is 31.3 Å². The summed E-state index contributed by atoms with van der Waals surface area (Å²) in [4.78, 5) is 6.93. The topological polar surface area (TPSA) is 63.2 Å². The van der Waals surface area contributed by atoms with Crippen LogP contribution in [0.3, 0.4) is 0 Å². The molecule has 2 atom stereocenters. The molecule has 6 heteroatoms. The van der Waals surface area contributed by atoms with E-state index in [1.165, 1.54) is 6.42 Å². The van der Waals surface area contributed by atoms with Gasteiger partial charge >= 0.3 is 0 Å². The molecule has 2 aliphatic heterocycles. The van der Waals surface area contributed by atoms with Crippen molar-refractivity contribution in [2.45, 2.75) is 44.4 Å². The highest BCUT2D eigenvalue weighted by atomic mass is 16.5. The fraction of sp³-hybridized carbons (Fsp3) is 0.526. The van der Waals surface area contributed by atoms with Crippen LogP contribution in [0.15, 0.2) is 36.5 Å². The first-order valence-electron chi connectivity index (χ1n) is 9.04. The van der Waals surface area contributed by atoms with Crippen LogP contribution < -0.4 is 5.32 Å². The van der Waals surface area contributed by atoms with Crippen LogP contribution in [0, 0.1) is 6.92 Å². The van der Waals surface area contributed by atoms with E-state index in [4.69, 9.17) is 4.74 Å². The van der Waals surface area contributed by atoms with Crippen LogP contribution in [0.4, 0.5) is 5.82 Å². The molecule has 2 fully saturated rings. The van der Waals surface area contributed by atoms with E-state index in [0.717, 1.165) is 56.3 Å². The van der Waals surface area contributed by atoms with Gasteiger partial charge in [0.15, 0.2) is 0 Å². The summed E-state index contributed by atoms with van der Waals surface area (Å²) >= 11 is 0. The van der Waals surface area contributed by atoms with Gasteiger partial charge < -0.3 is 10.1 Å². The Labute approximate surface area is 148 Å². The van der Waals surface area contributed by atoms with Gasteiger partial charge in [0.1, 0.15) is 5.82 Å². The summed E-state index contributed by atoms with van der Waals surface area (Å²) < 4.78 is 6.29. The highest BCUT2D eigenvalue weighted by Gasteiger charge is 2.43. The van der Waals surface area contributed by atoms with Crippen LogP contribution in [0.1, 0.15) is 30.7 Å². The molecule has 0 bridgehead atoms. The van der Waals surface area contributed by atoms with Gasteiger partial charge in [-0.1, -0.05) is 6.07 Å². The predicted molar refractivity (Wildman–Crippen MR) is 96.2 cm³/mol. The summed E-state index contributed by atoms with van der Waals surface area (Å²) in [5.74, 6) is 0.831. The van der Waals surface area contributed by atoms with E-state index >= 15 is 0 Å². The number of pyridine rings is 1. The van der Waals surface area contributed by atoms with E-state index in [0.29, 0.717) is 6.04 Å². The number of anilines is 1. The van der Waals surface area contributed by atoms with E-state index < -0.39 is 0 Å². The minimum Gasteiger partial charge on any atom is -0.371 e. The molecule has 132 valence electrons. The zero-order valence-corrected chi connectivity index (χ0v) is 14.7. The highest BCUT2D eigenvalue weighted by Crippen LogP contribution is 2.36. The van der Waals surface area contributed by atoms with Gasteiger partial charge in [-0.05, 0) is 50.6 Å². The molecule has 0 aromatic carbocycles. The zero-order valence-electron chi connectivity index (χ0n) is 14.7. The Morgan fingerprint density at radius 2 is 2.24 bits per heavy atom. The lowest BCUT2D eigenvalue weighted by Gasteiger charge is -2.39. The van der Waals surface area contributed by atoms with E-state index in [-0.39, 0.29) is 5.60 Å². The molecule has 2 aromatic heterocycles. The quantitative estimate of drug-likeness (QED) is 0.923. The third-order valence-electron chi connectivity index (χ3n) is 5.09. The molecule has 2 aliphatic rings. The Hall–Kier alpha value is -2.05. The first-order valence-corrected chi connectivity index (χ1v) is 9.04. The summed E-state index contributed by atoms with van der Waals surface area (Å²) in [6.45, 7) is 5.66. The van der Waals surface area contributed by atoms with E-state index in [9.17, 15) is 0 Å². The average Bonchev–Trinajstić information content (AvgIpc) is 3.00. The first kappa shape index (κ1) is 16.4. The lowest BCUT2D eigenvalue weighted by molar-refractivity contribution is -0.0535. The first-order chi connectivity index (χ1) is 12.2. The maximum absolute atomic E-state index is 6.29. The number of likely N-dealkylation sites (tertiary alicyclic amines) is 1. The Balaban J connectivity index is 1.36. The van der Waals surface area contributed by atoms with Gasteiger partial charge in [-0.3, -0.25) is 9.88 Å². The summed E-state index contributed by atoms with van der Waals surface area (Å²) in [7, 11) is 0. The molecular formula is C19H25N5O. The van der Waals surface area contributed by atoms with Gasteiger partial charge in [-0.15, -0.1) is 5.10 Å². The fourth-order valence-corrected chi connectivity index (χ4v) is 3.95. The molecule has 0 aliphatic carbocycles. The van der Waals surface area contributed by atoms with Gasteiger partial charge in [-0.2, -0.15) is 5.10 Å². The van der Waals surface area contributed by atoms with Crippen molar-refractivity contribution in [3.63, 3.8) is 0 Å². The molecular weight excluding hydrogens is 314 g/mol. The van der Waals surface area contributed by atoms with Gasteiger partial charge in [0.2, 0.25) is 0 Å². The number of rotatable bonds is 4. The second kappa shape index (κ2) is 7.06. The molecule has 0 saturated carbocycles. The van der Waals surface area contributed by atoms with Crippen LogP contribution in [0.25, 0.3) is 0 Å². The normalized spacial score (nSPS) is 26.8. The maximum Gasteiger partial charge on any atom is 0.148 e. The van der Waals surface area contributed by atoms with Gasteiger partial charge in [0.05, 0.1) is 29.6 Å². The van der Waals surface area contributed by atoms with Crippen LogP contribution in [-0.4, -0.2) is 51.4 Å². The van der Waals surface area contributed by atoms with Crippen molar-refractivity contribution in [3.8, 4) is 0 Å². The monoisotopic (exact) mass is 339 g/mol.